The van der Waals surface area contributed by atoms with Crippen molar-refractivity contribution in [1.82, 2.24) is 5.32 Å². The van der Waals surface area contributed by atoms with Crippen LogP contribution in [0.25, 0.3) is 0 Å². The third-order valence-corrected chi connectivity index (χ3v) is 2.16. The van der Waals surface area contributed by atoms with E-state index in [-0.39, 0.29) is 25.7 Å². The van der Waals surface area contributed by atoms with Crippen LogP contribution in [0.5, 0.6) is 5.75 Å². The van der Waals surface area contributed by atoms with Crippen molar-refractivity contribution in [2.75, 3.05) is 33.0 Å². The smallest absolute Gasteiger partial charge is 0.258 e. The Morgan fingerprint density at radius 3 is 2.68 bits per heavy atom. The monoisotopic (exact) mass is 264 g/mol. The van der Waals surface area contributed by atoms with E-state index in [0.717, 1.165) is 0 Å². The summed E-state index contributed by atoms with van der Waals surface area (Å²) in [7, 11) is 0. The Morgan fingerprint density at radius 2 is 2.05 bits per heavy atom. The molecule has 0 radical (unpaired) electrons. The molecule has 102 valence electrons. The molecule has 0 spiro atoms. The predicted molar refractivity (Wildman–Crippen MR) is 67.6 cm³/mol. The van der Waals surface area contributed by atoms with Crippen molar-refractivity contribution >= 4 is 5.91 Å². The molecule has 0 saturated carbocycles. The van der Waals surface area contributed by atoms with Crippen molar-refractivity contribution in [1.29, 1.82) is 5.26 Å². The fraction of sp³-hybridized carbons (Fsp3) is 0.385. The van der Waals surface area contributed by atoms with E-state index < -0.39 is 0 Å². The first-order valence-corrected chi connectivity index (χ1v) is 5.84. The number of amides is 1. The van der Waals surface area contributed by atoms with Gasteiger partial charge < -0.3 is 19.9 Å². The maximum absolute atomic E-state index is 11.4. The summed E-state index contributed by atoms with van der Waals surface area (Å²) in [6.07, 6.45) is 0. The molecule has 2 N–H and O–H groups in total. The number of carbonyl (C=O) groups excluding carboxylic acids is 1. The summed E-state index contributed by atoms with van der Waals surface area (Å²) in [5.74, 6) is 0.280. The normalized spacial score (nSPS) is 9.68. The van der Waals surface area contributed by atoms with E-state index in [9.17, 15) is 4.79 Å². The Bertz CT molecular complexity index is 425. The summed E-state index contributed by atoms with van der Waals surface area (Å²) in [4.78, 5) is 11.4. The number of hydrogen-bond donors (Lipinski definition) is 2. The molecule has 0 fully saturated rings. The molecule has 19 heavy (non-hydrogen) atoms. The van der Waals surface area contributed by atoms with Gasteiger partial charge in [0.15, 0.2) is 6.61 Å². The van der Waals surface area contributed by atoms with Gasteiger partial charge in [-0.1, -0.05) is 0 Å². The Morgan fingerprint density at radius 1 is 1.32 bits per heavy atom. The number of ether oxygens (including phenoxy) is 2. The predicted octanol–water partition coefficient (Wildman–Crippen LogP) is 0.0622. The topological polar surface area (TPSA) is 91.6 Å². The number of nitrogens with zero attached hydrogens (tertiary/aromatic N) is 1. The largest absolute Gasteiger partial charge is 0.484 e. The lowest BCUT2D eigenvalue weighted by molar-refractivity contribution is -0.123. The van der Waals surface area contributed by atoms with Crippen LogP contribution in [0.1, 0.15) is 5.56 Å². The second-order valence-electron chi connectivity index (χ2n) is 3.61. The summed E-state index contributed by atoms with van der Waals surface area (Å²) in [5.41, 5.74) is 0.540. The van der Waals surface area contributed by atoms with Gasteiger partial charge in [-0.25, -0.2) is 0 Å². The second-order valence-corrected chi connectivity index (χ2v) is 3.61. The third-order valence-electron chi connectivity index (χ3n) is 2.16. The highest BCUT2D eigenvalue weighted by Gasteiger charge is 2.02. The van der Waals surface area contributed by atoms with Gasteiger partial charge in [0.2, 0.25) is 0 Å². The Balaban J connectivity index is 2.17. The fourth-order valence-corrected chi connectivity index (χ4v) is 1.25. The molecule has 1 aromatic carbocycles. The van der Waals surface area contributed by atoms with Crippen LogP contribution in [0.15, 0.2) is 24.3 Å². The Kier molecular flexibility index (Phi) is 7.02. The van der Waals surface area contributed by atoms with Crippen LogP contribution in [0.4, 0.5) is 0 Å². The minimum atomic E-state index is -0.253. The average molecular weight is 264 g/mol. The molecule has 1 rings (SSSR count). The van der Waals surface area contributed by atoms with Crippen LogP contribution in [0.3, 0.4) is 0 Å². The molecule has 6 heteroatoms. The van der Waals surface area contributed by atoms with E-state index in [4.69, 9.17) is 19.8 Å². The van der Waals surface area contributed by atoms with Crippen molar-refractivity contribution in [2.45, 2.75) is 0 Å². The molecule has 1 amide bonds. The molecule has 0 aliphatic rings. The zero-order valence-corrected chi connectivity index (χ0v) is 10.5. The molecular weight excluding hydrogens is 248 g/mol. The van der Waals surface area contributed by atoms with Crippen molar-refractivity contribution in [2.24, 2.45) is 0 Å². The van der Waals surface area contributed by atoms with Crippen LogP contribution in [-0.4, -0.2) is 44.0 Å². The van der Waals surface area contributed by atoms with Crippen LogP contribution in [0, 0.1) is 11.3 Å². The Hall–Kier alpha value is -2.10. The zero-order valence-electron chi connectivity index (χ0n) is 10.5. The highest BCUT2D eigenvalue weighted by atomic mass is 16.5. The van der Waals surface area contributed by atoms with Crippen LogP contribution < -0.4 is 10.1 Å². The number of hydrogen-bond acceptors (Lipinski definition) is 5. The molecule has 0 atom stereocenters. The number of rotatable bonds is 8. The standard InChI is InChI=1S/C13H16N2O4/c14-9-11-1-3-12(4-2-11)19-10-13(17)15-5-7-18-8-6-16/h1-4,16H,5-8,10H2,(H,15,17). The lowest BCUT2D eigenvalue weighted by atomic mass is 10.2. The Labute approximate surface area is 111 Å². The third kappa shape index (κ3) is 6.41. The van der Waals surface area contributed by atoms with Crippen molar-refractivity contribution in [3.05, 3.63) is 29.8 Å². The summed E-state index contributed by atoms with van der Waals surface area (Å²) in [6, 6.07) is 8.51. The number of aliphatic hydroxyl groups is 1. The van der Waals surface area contributed by atoms with Crippen molar-refractivity contribution in [3.63, 3.8) is 0 Å². The molecule has 0 aliphatic carbocycles. The van der Waals surface area contributed by atoms with Gasteiger partial charge in [0, 0.05) is 6.54 Å². The summed E-state index contributed by atoms with van der Waals surface area (Å²) in [5, 5.41) is 19.7. The lowest BCUT2D eigenvalue weighted by Crippen LogP contribution is -2.31. The fourth-order valence-electron chi connectivity index (χ4n) is 1.25. The number of aliphatic hydroxyl groups excluding tert-OH is 1. The highest BCUT2D eigenvalue weighted by molar-refractivity contribution is 5.77. The van der Waals surface area contributed by atoms with Crippen LogP contribution >= 0.6 is 0 Å². The van der Waals surface area contributed by atoms with Gasteiger partial charge in [-0.3, -0.25) is 4.79 Å². The molecular formula is C13H16N2O4. The van der Waals surface area contributed by atoms with E-state index >= 15 is 0 Å². The summed E-state index contributed by atoms with van der Waals surface area (Å²) in [6.45, 7) is 0.859. The molecule has 0 aromatic heterocycles. The summed E-state index contributed by atoms with van der Waals surface area (Å²) >= 11 is 0. The van der Waals surface area contributed by atoms with Gasteiger partial charge in [0.05, 0.1) is 31.5 Å². The van der Waals surface area contributed by atoms with E-state index in [1.165, 1.54) is 0 Å². The molecule has 0 heterocycles. The molecule has 6 nitrogen and oxygen atoms in total. The first-order chi connectivity index (χ1) is 9.26. The number of benzene rings is 1. The molecule has 0 saturated heterocycles. The van der Waals surface area contributed by atoms with Gasteiger partial charge in [-0.05, 0) is 24.3 Å². The minimum absolute atomic E-state index is 0.0320. The maximum atomic E-state index is 11.4. The number of nitriles is 1. The van der Waals surface area contributed by atoms with E-state index in [1.807, 2.05) is 6.07 Å². The molecule has 1 aromatic rings. The highest BCUT2D eigenvalue weighted by Crippen LogP contribution is 2.10. The SMILES string of the molecule is N#Cc1ccc(OCC(=O)NCCOCCO)cc1. The van der Waals surface area contributed by atoms with Crippen molar-refractivity contribution in [3.8, 4) is 11.8 Å². The van der Waals surface area contributed by atoms with E-state index in [2.05, 4.69) is 5.32 Å². The van der Waals surface area contributed by atoms with Crippen LogP contribution in [0.2, 0.25) is 0 Å². The lowest BCUT2D eigenvalue weighted by Gasteiger charge is -2.07. The average Bonchev–Trinajstić information content (AvgIpc) is 2.45. The van der Waals surface area contributed by atoms with Gasteiger partial charge in [-0.15, -0.1) is 0 Å². The van der Waals surface area contributed by atoms with Crippen LogP contribution in [-0.2, 0) is 9.53 Å². The van der Waals surface area contributed by atoms with Gasteiger partial charge in [0.25, 0.3) is 5.91 Å². The van der Waals surface area contributed by atoms with Crippen molar-refractivity contribution < 1.29 is 19.4 Å². The first-order valence-electron chi connectivity index (χ1n) is 5.84. The van der Waals surface area contributed by atoms with E-state index in [0.29, 0.717) is 24.5 Å². The second kappa shape index (κ2) is 8.91. The quantitative estimate of drug-likeness (QED) is 0.648. The van der Waals surface area contributed by atoms with Gasteiger partial charge >= 0.3 is 0 Å². The molecule has 0 unspecified atom stereocenters. The molecule has 0 aliphatic heterocycles. The van der Waals surface area contributed by atoms with Gasteiger partial charge in [0.1, 0.15) is 5.75 Å². The van der Waals surface area contributed by atoms with Gasteiger partial charge in [-0.2, -0.15) is 5.26 Å². The number of nitrogens with one attached hydrogen (secondary N) is 1. The zero-order chi connectivity index (χ0) is 13.9. The minimum Gasteiger partial charge on any atom is -0.484 e. The number of carbonyl (C=O) groups is 1. The molecule has 0 bridgehead atoms. The first kappa shape index (κ1) is 15.0. The summed E-state index contributed by atoms with van der Waals surface area (Å²) < 4.78 is 10.2. The maximum Gasteiger partial charge on any atom is 0.258 e. The van der Waals surface area contributed by atoms with E-state index in [1.54, 1.807) is 24.3 Å².